The molecule has 0 unspecified atom stereocenters. The second-order valence-electron chi connectivity index (χ2n) is 7.21. The Morgan fingerprint density at radius 1 is 0.938 bits per heavy atom. The molecule has 3 rings (SSSR count). The zero-order valence-corrected chi connectivity index (χ0v) is 19.3. The zero-order valence-electron chi connectivity index (χ0n) is 18.5. The average Bonchev–Trinajstić information content (AvgIpc) is 2.81. The Kier molecular flexibility index (Phi) is 7.05. The molecule has 0 heterocycles. The number of nitrogens with one attached hydrogen (secondary N) is 1. The number of anilines is 1. The number of ether oxygens (including phenoxy) is 2. The fraction of sp³-hybridized carbons (Fsp3) is 0.208. The second-order valence-corrected chi connectivity index (χ2v) is 9.18. The molecule has 3 aromatic rings. The topological polar surface area (TPSA) is 84.9 Å². The van der Waals surface area contributed by atoms with Crippen LogP contribution in [0.3, 0.4) is 0 Å². The monoisotopic (exact) mass is 454 g/mol. The van der Waals surface area contributed by atoms with Crippen LogP contribution in [-0.2, 0) is 16.6 Å². The Balaban J connectivity index is 1.74. The molecule has 0 atom stereocenters. The summed E-state index contributed by atoms with van der Waals surface area (Å²) in [5, 5.41) is 2.87. The Morgan fingerprint density at radius 3 is 2.25 bits per heavy atom. The molecule has 168 valence electrons. The number of benzene rings is 3. The van der Waals surface area contributed by atoms with Crippen LogP contribution in [0.2, 0.25) is 0 Å². The maximum absolute atomic E-state index is 13.1. The highest BCUT2D eigenvalue weighted by molar-refractivity contribution is 7.92. The van der Waals surface area contributed by atoms with Gasteiger partial charge in [0.1, 0.15) is 0 Å². The van der Waals surface area contributed by atoms with E-state index in [1.54, 1.807) is 30.3 Å². The molecule has 0 fully saturated rings. The van der Waals surface area contributed by atoms with Crippen molar-refractivity contribution >= 4 is 21.6 Å². The number of rotatable bonds is 8. The van der Waals surface area contributed by atoms with E-state index in [9.17, 15) is 13.2 Å². The van der Waals surface area contributed by atoms with Gasteiger partial charge in [-0.1, -0.05) is 29.8 Å². The van der Waals surface area contributed by atoms with E-state index in [1.807, 2.05) is 31.2 Å². The summed E-state index contributed by atoms with van der Waals surface area (Å²) in [6.45, 7) is 2.41. The molecule has 0 saturated carbocycles. The lowest BCUT2D eigenvalue weighted by Gasteiger charge is -2.20. The van der Waals surface area contributed by atoms with E-state index in [-0.39, 0.29) is 10.8 Å². The first-order valence-electron chi connectivity index (χ1n) is 9.91. The maximum atomic E-state index is 13.1. The molecule has 3 aromatic carbocycles. The number of carbonyl (C=O) groups excluding carboxylic acids is 1. The van der Waals surface area contributed by atoms with Gasteiger partial charge in [-0.25, -0.2) is 8.42 Å². The van der Waals surface area contributed by atoms with Crippen LogP contribution in [0.4, 0.5) is 5.69 Å². The quantitative estimate of drug-likeness (QED) is 0.560. The first kappa shape index (κ1) is 23.1. The van der Waals surface area contributed by atoms with Crippen molar-refractivity contribution in [2.75, 3.05) is 25.6 Å². The van der Waals surface area contributed by atoms with Crippen molar-refractivity contribution in [2.24, 2.45) is 0 Å². The van der Waals surface area contributed by atoms with Gasteiger partial charge in [-0.3, -0.25) is 9.10 Å². The molecule has 32 heavy (non-hydrogen) atoms. The molecule has 0 aliphatic carbocycles. The Morgan fingerprint density at radius 2 is 1.62 bits per heavy atom. The second kappa shape index (κ2) is 9.74. The minimum absolute atomic E-state index is 0.0672. The van der Waals surface area contributed by atoms with Gasteiger partial charge < -0.3 is 14.8 Å². The zero-order chi connectivity index (χ0) is 23.3. The molecular formula is C24H26N2O5S. The maximum Gasteiger partial charge on any atom is 0.264 e. The van der Waals surface area contributed by atoms with E-state index >= 15 is 0 Å². The van der Waals surface area contributed by atoms with Crippen molar-refractivity contribution in [2.45, 2.75) is 18.4 Å². The van der Waals surface area contributed by atoms with Crippen LogP contribution in [0.15, 0.2) is 71.6 Å². The summed E-state index contributed by atoms with van der Waals surface area (Å²) in [6, 6.07) is 18.7. The van der Waals surface area contributed by atoms with E-state index in [0.717, 1.165) is 15.4 Å². The van der Waals surface area contributed by atoms with Gasteiger partial charge in [0, 0.05) is 25.2 Å². The highest BCUT2D eigenvalue weighted by atomic mass is 32.2. The van der Waals surface area contributed by atoms with Crippen LogP contribution >= 0.6 is 0 Å². The van der Waals surface area contributed by atoms with Crippen LogP contribution < -0.4 is 19.1 Å². The third-order valence-electron chi connectivity index (χ3n) is 5.04. The normalized spacial score (nSPS) is 11.0. The van der Waals surface area contributed by atoms with E-state index < -0.39 is 10.0 Å². The van der Waals surface area contributed by atoms with E-state index in [4.69, 9.17) is 9.47 Å². The van der Waals surface area contributed by atoms with E-state index in [1.165, 1.54) is 33.4 Å². The number of methoxy groups -OCH3 is 2. The summed E-state index contributed by atoms with van der Waals surface area (Å²) in [5.41, 5.74) is 3.00. The average molecular weight is 455 g/mol. The van der Waals surface area contributed by atoms with Crippen molar-refractivity contribution in [3.63, 3.8) is 0 Å². The van der Waals surface area contributed by atoms with Crippen LogP contribution in [0.1, 0.15) is 21.5 Å². The van der Waals surface area contributed by atoms with Gasteiger partial charge in [-0.15, -0.1) is 0 Å². The number of carbonyl (C=O) groups is 1. The molecule has 0 bridgehead atoms. The Labute approximate surface area is 188 Å². The third-order valence-corrected chi connectivity index (χ3v) is 6.82. The van der Waals surface area contributed by atoms with Crippen molar-refractivity contribution in [3.05, 3.63) is 83.4 Å². The number of sulfonamides is 1. The van der Waals surface area contributed by atoms with Gasteiger partial charge in [0.25, 0.3) is 15.9 Å². The first-order valence-corrected chi connectivity index (χ1v) is 11.3. The third kappa shape index (κ3) is 5.03. The first-order chi connectivity index (χ1) is 15.3. The summed E-state index contributed by atoms with van der Waals surface area (Å²) in [6.07, 6.45) is 0. The van der Waals surface area contributed by atoms with Gasteiger partial charge in [0.15, 0.2) is 11.5 Å². The Hall–Kier alpha value is -3.52. The molecule has 7 nitrogen and oxygen atoms in total. The fourth-order valence-corrected chi connectivity index (χ4v) is 4.41. The minimum atomic E-state index is -3.84. The number of nitrogens with zero attached hydrogens (tertiary/aromatic N) is 1. The van der Waals surface area contributed by atoms with Crippen LogP contribution in [0, 0.1) is 6.92 Å². The van der Waals surface area contributed by atoms with E-state index in [2.05, 4.69) is 5.32 Å². The summed E-state index contributed by atoms with van der Waals surface area (Å²) < 4.78 is 37.6. The lowest BCUT2D eigenvalue weighted by atomic mass is 10.1. The van der Waals surface area contributed by atoms with Gasteiger partial charge in [-0.05, 0) is 48.9 Å². The summed E-state index contributed by atoms with van der Waals surface area (Å²) in [7, 11) is 0.549. The predicted molar refractivity (Wildman–Crippen MR) is 124 cm³/mol. The van der Waals surface area contributed by atoms with Crippen LogP contribution in [0.5, 0.6) is 11.5 Å². The summed E-state index contributed by atoms with van der Waals surface area (Å²) in [5.74, 6) is 0.529. The number of hydrogen-bond donors (Lipinski definition) is 1. The molecule has 8 heteroatoms. The van der Waals surface area contributed by atoms with E-state index in [0.29, 0.717) is 29.3 Å². The fourth-order valence-electron chi connectivity index (χ4n) is 3.20. The molecule has 0 radical (unpaired) electrons. The van der Waals surface area contributed by atoms with Gasteiger partial charge in [-0.2, -0.15) is 0 Å². The number of aryl methyl sites for hydroxylation is 1. The van der Waals surface area contributed by atoms with Crippen molar-refractivity contribution in [1.82, 2.24) is 5.32 Å². The van der Waals surface area contributed by atoms with Gasteiger partial charge in [0.05, 0.1) is 24.8 Å². The predicted octanol–water partition coefficient (Wildman–Crippen LogP) is 3.77. The molecule has 1 N–H and O–H groups in total. The summed E-state index contributed by atoms with van der Waals surface area (Å²) >= 11 is 0. The smallest absolute Gasteiger partial charge is 0.264 e. The standard InChI is InChI=1S/C24H26N2O5S/c1-17-6-5-7-18(14-17)16-25-24(27)19-8-10-20(11-9-19)26(2)32(28,29)21-12-13-22(30-3)23(15-21)31-4/h5-15H,16H2,1-4H3,(H,25,27). The summed E-state index contributed by atoms with van der Waals surface area (Å²) in [4.78, 5) is 12.5. The highest BCUT2D eigenvalue weighted by Gasteiger charge is 2.23. The SMILES string of the molecule is COc1ccc(S(=O)(=O)N(C)c2ccc(C(=O)NCc3cccc(C)c3)cc2)cc1OC. The van der Waals surface area contributed by atoms with Crippen molar-refractivity contribution in [1.29, 1.82) is 0 Å². The van der Waals surface area contributed by atoms with Crippen LogP contribution in [0.25, 0.3) is 0 Å². The van der Waals surface area contributed by atoms with Gasteiger partial charge in [0.2, 0.25) is 0 Å². The highest BCUT2D eigenvalue weighted by Crippen LogP contribution is 2.31. The number of hydrogen-bond acceptors (Lipinski definition) is 5. The molecular weight excluding hydrogens is 428 g/mol. The molecule has 0 aromatic heterocycles. The Bertz CT molecular complexity index is 1210. The lowest BCUT2D eigenvalue weighted by molar-refractivity contribution is 0.0951. The molecule has 0 aliphatic heterocycles. The minimum Gasteiger partial charge on any atom is -0.493 e. The van der Waals surface area contributed by atoms with Crippen molar-refractivity contribution in [3.8, 4) is 11.5 Å². The number of amides is 1. The van der Waals surface area contributed by atoms with Gasteiger partial charge >= 0.3 is 0 Å². The molecule has 0 aliphatic rings. The van der Waals surface area contributed by atoms with Crippen LogP contribution in [-0.4, -0.2) is 35.6 Å². The molecule has 0 spiro atoms. The lowest BCUT2D eigenvalue weighted by Crippen LogP contribution is -2.27. The van der Waals surface area contributed by atoms with Crippen molar-refractivity contribution < 1.29 is 22.7 Å². The molecule has 0 saturated heterocycles. The largest absolute Gasteiger partial charge is 0.493 e. The molecule has 1 amide bonds.